The Morgan fingerprint density at radius 2 is 1.87 bits per heavy atom. The number of carbonyl (C=O) groups is 2. The first-order valence-electron chi connectivity index (χ1n) is 12.3. The number of likely N-dealkylation sites (N-methyl/N-ethyl adjacent to an activating group) is 1. The third-order valence-electron chi connectivity index (χ3n) is 5.91. The predicted octanol–water partition coefficient (Wildman–Crippen LogP) is 4.00. The number of esters is 1. The van der Waals surface area contributed by atoms with E-state index in [0.717, 1.165) is 12.1 Å². The van der Waals surface area contributed by atoms with E-state index in [1.165, 1.54) is 7.11 Å². The van der Waals surface area contributed by atoms with Crippen LogP contribution in [0.25, 0.3) is 10.9 Å². The molecule has 38 heavy (non-hydrogen) atoms. The van der Waals surface area contributed by atoms with Crippen LogP contribution in [-0.2, 0) is 20.8 Å². The molecule has 0 aliphatic carbocycles. The summed E-state index contributed by atoms with van der Waals surface area (Å²) in [7, 11) is 4.73. The Balaban J connectivity index is 1.96. The van der Waals surface area contributed by atoms with Gasteiger partial charge in [-0.05, 0) is 43.7 Å². The summed E-state index contributed by atoms with van der Waals surface area (Å²) in [6, 6.07) is 5.13. The van der Waals surface area contributed by atoms with E-state index >= 15 is 0 Å². The van der Waals surface area contributed by atoms with Crippen LogP contribution in [0.1, 0.15) is 30.6 Å². The van der Waals surface area contributed by atoms with Crippen molar-refractivity contribution in [2.24, 2.45) is 5.92 Å². The molecule has 1 atom stereocenters. The fourth-order valence-electron chi connectivity index (χ4n) is 3.87. The van der Waals surface area contributed by atoms with Gasteiger partial charge >= 0.3 is 5.97 Å². The van der Waals surface area contributed by atoms with Crippen LogP contribution in [-0.4, -0.2) is 73.6 Å². The van der Waals surface area contributed by atoms with Gasteiger partial charge in [0.05, 0.1) is 31.0 Å². The number of carbonyl (C=O) groups excluding carboxylic acids is 2. The molecule has 0 saturated heterocycles. The van der Waals surface area contributed by atoms with Crippen LogP contribution in [0.2, 0.25) is 0 Å². The van der Waals surface area contributed by atoms with Crippen LogP contribution in [0.4, 0.5) is 8.78 Å². The number of halogens is 2. The summed E-state index contributed by atoms with van der Waals surface area (Å²) < 4.78 is 45.3. The maximum atomic E-state index is 14.4. The van der Waals surface area contributed by atoms with Gasteiger partial charge in [-0.2, -0.15) is 5.10 Å². The molecule has 1 unspecified atom stereocenters. The highest BCUT2D eigenvalue weighted by Gasteiger charge is 2.26. The lowest BCUT2D eigenvalue weighted by molar-refractivity contribution is -0.143. The van der Waals surface area contributed by atoms with E-state index in [1.54, 1.807) is 30.1 Å². The van der Waals surface area contributed by atoms with E-state index in [1.807, 2.05) is 25.8 Å². The van der Waals surface area contributed by atoms with E-state index in [2.05, 4.69) is 10.4 Å². The van der Waals surface area contributed by atoms with Crippen LogP contribution >= 0.6 is 0 Å². The van der Waals surface area contributed by atoms with Crippen LogP contribution in [0.3, 0.4) is 0 Å². The standard InChI is InChI=1S/C27H34F2N4O5/c1-17(2)16-33-23-14-20(26(34)31-22(27(35)37-5)8-9-32(3)10-11-36-4)25(12-18(23)15-30-33)38-24-7-6-19(28)13-21(24)29/h6-7,12-15,17,22H,8-11,16H2,1-5H3,(H,31,34). The van der Waals surface area contributed by atoms with E-state index < -0.39 is 29.6 Å². The number of aromatic nitrogens is 2. The molecule has 3 rings (SSSR count). The Morgan fingerprint density at radius 1 is 1.11 bits per heavy atom. The minimum Gasteiger partial charge on any atom is -0.467 e. The van der Waals surface area contributed by atoms with Crippen molar-refractivity contribution in [2.45, 2.75) is 32.9 Å². The van der Waals surface area contributed by atoms with Crippen LogP contribution in [0.5, 0.6) is 11.5 Å². The third-order valence-corrected chi connectivity index (χ3v) is 5.91. The number of nitrogens with one attached hydrogen (secondary N) is 1. The van der Waals surface area contributed by atoms with Crippen LogP contribution in [0, 0.1) is 17.6 Å². The lowest BCUT2D eigenvalue weighted by atomic mass is 10.1. The molecule has 0 aliphatic heterocycles. The first kappa shape index (κ1) is 29.0. The molecule has 0 spiro atoms. The Hall–Kier alpha value is -3.57. The molecule has 11 heteroatoms. The molecular formula is C27H34F2N4O5. The van der Waals surface area contributed by atoms with Gasteiger partial charge in [-0.1, -0.05) is 13.8 Å². The Labute approximate surface area is 220 Å². The number of fused-ring (bicyclic) bond motifs is 1. The highest BCUT2D eigenvalue weighted by Crippen LogP contribution is 2.32. The van der Waals surface area contributed by atoms with E-state index in [0.29, 0.717) is 49.1 Å². The molecule has 0 bridgehead atoms. The maximum absolute atomic E-state index is 14.4. The summed E-state index contributed by atoms with van der Waals surface area (Å²) in [5.74, 6) is -2.82. The minimum absolute atomic E-state index is 0.0328. The summed E-state index contributed by atoms with van der Waals surface area (Å²) in [5.41, 5.74) is 0.734. The molecule has 1 heterocycles. The lowest BCUT2D eigenvalue weighted by Gasteiger charge is -2.21. The topological polar surface area (TPSA) is 94.9 Å². The molecule has 9 nitrogen and oxygen atoms in total. The SMILES string of the molecule is COCCN(C)CCC(NC(=O)c1cc2c(cnn2CC(C)C)cc1Oc1ccc(F)cc1F)C(=O)OC. The van der Waals surface area contributed by atoms with Crippen molar-refractivity contribution in [3.8, 4) is 11.5 Å². The lowest BCUT2D eigenvalue weighted by Crippen LogP contribution is -2.43. The molecule has 0 fully saturated rings. The smallest absolute Gasteiger partial charge is 0.328 e. The zero-order chi connectivity index (χ0) is 27.8. The summed E-state index contributed by atoms with van der Waals surface area (Å²) in [6.45, 7) is 6.36. The van der Waals surface area contributed by atoms with Gasteiger partial charge in [0.25, 0.3) is 5.91 Å². The molecule has 206 valence electrons. The van der Waals surface area contributed by atoms with Crippen molar-refractivity contribution in [2.75, 3.05) is 41.0 Å². The third kappa shape index (κ3) is 7.48. The second-order valence-corrected chi connectivity index (χ2v) is 9.44. The number of benzene rings is 2. The molecule has 3 aromatic rings. The number of hydrogen-bond acceptors (Lipinski definition) is 7. The van der Waals surface area contributed by atoms with Gasteiger partial charge < -0.3 is 24.4 Å². The van der Waals surface area contributed by atoms with E-state index in [4.69, 9.17) is 14.2 Å². The minimum atomic E-state index is -0.941. The zero-order valence-corrected chi connectivity index (χ0v) is 22.3. The van der Waals surface area contributed by atoms with Crippen molar-refractivity contribution in [1.29, 1.82) is 0 Å². The summed E-state index contributed by atoms with van der Waals surface area (Å²) in [4.78, 5) is 28.0. The van der Waals surface area contributed by atoms with Crippen LogP contribution in [0.15, 0.2) is 36.5 Å². The molecule has 0 saturated carbocycles. The molecule has 1 amide bonds. The van der Waals surface area contributed by atoms with Gasteiger partial charge in [0.2, 0.25) is 0 Å². The van der Waals surface area contributed by atoms with E-state index in [-0.39, 0.29) is 23.5 Å². The number of methoxy groups -OCH3 is 2. The highest BCUT2D eigenvalue weighted by molar-refractivity contribution is 6.02. The van der Waals surface area contributed by atoms with E-state index in [9.17, 15) is 18.4 Å². The summed E-state index contributed by atoms with van der Waals surface area (Å²) in [5, 5.41) is 7.80. The predicted molar refractivity (Wildman–Crippen MR) is 138 cm³/mol. The van der Waals surface area contributed by atoms with Gasteiger partial charge in [0.1, 0.15) is 17.6 Å². The molecule has 1 aromatic heterocycles. The fraction of sp³-hybridized carbons (Fsp3) is 0.444. The average molecular weight is 533 g/mol. The monoisotopic (exact) mass is 532 g/mol. The number of hydrogen-bond donors (Lipinski definition) is 1. The Bertz CT molecular complexity index is 1260. The van der Waals surface area contributed by atoms with Crippen LogP contribution < -0.4 is 10.1 Å². The van der Waals surface area contributed by atoms with Gasteiger partial charge in [-0.25, -0.2) is 13.6 Å². The number of rotatable bonds is 13. The van der Waals surface area contributed by atoms with Crippen molar-refractivity contribution < 1.29 is 32.6 Å². The first-order valence-corrected chi connectivity index (χ1v) is 12.3. The highest BCUT2D eigenvalue weighted by atomic mass is 19.1. The molecule has 0 radical (unpaired) electrons. The van der Waals surface area contributed by atoms with Crippen molar-refractivity contribution in [1.82, 2.24) is 20.0 Å². The quantitative estimate of drug-likeness (QED) is 0.333. The molecule has 0 aliphatic rings. The second-order valence-electron chi connectivity index (χ2n) is 9.44. The van der Waals surface area contributed by atoms with Crippen molar-refractivity contribution in [3.63, 3.8) is 0 Å². The number of nitrogens with zero attached hydrogens (tertiary/aromatic N) is 3. The summed E-state index contributed by atoms with van der Waals surface area (Å²) in [6.07, 6.45) is 1.91. The summed E-state index contributed by atoms with van der Waals surface area (Å²) >= 11 is 0. The number of ether oxygens (including phenoxy) is 3. The van der Waals surface area contributed by atoms with Gasteiger partial charge in [0, 0.05) is 38.2 Å². The normalized spacial score (nSPS) is 12.2. The molecular weight excluding hydrogens is 498 g/mol. The molecule has 2 aromatic carbocycles. The Kier molecular flexibility index (Phi) is 10.1. The van der Waals surface area contributed by atoms with Crippen molar-refractivity contribution >= 4 is 22.8 Å². The van der Waals surface area contributed by atoms with Gasteiger partial charge in [0.15, 0.2) is 11.6 Å². The van der Waals surface area contributed by atoms with Gasteiger partial charge in [-0.3, -0.25) is 9.48 Å². The molecule has 1 N–H and O–H groups in total. The van der Waals surface area contributed by atoms with Crippen molar-refractivity contribution in [3.05, 3.63) is 53.7 Å². The first-order chi connectivity index (χ1) is 18.1. The second kappa shape index (κ2) is 13.3. The number of amides is 1. The zero-order valence-electron chi connectivity index (χ0n) is 22.3. The largest absolute Gasteiger partial charge is 0.467 e. The Morgan fingerprint density at radius 3 is 2.53 bits per heavy atom. The maximum Gasteiger partial charge on any atom is 0.328 e. The fourth-order valence-corrected chi connectivity index (χ4v) is 3.87. The average Bonchev–Trinajstić information content (AvgIpc) is 3.26. The van der Waals surface area contributed by atoms with Gasteiger partial charge in [-0.15, -0.1) is 0 Å².